The maximum atomic E-state index is 11.5. The van der Waals surface area contributed by atoms with Crippen LogP contribution in [0.4, 0.5) is 0 Å². The van der Waals surface area contributed by atoms with E-state index in [4.69, 9.17) is 0 Å². The third-order valence-electron chi connectivity index (χ3n) is 4.83. The summed E-state index contributed by atoms with van der Waals surface area (Å²) in [6.07, 6.45) is 10.3. The largest absolute Gasteiger partial charge is 0.299 e. The number of allylic oxidation sites excluding steroid dienone is 2. The molecule has 0 aromatic rings. The van der Waals surface area contributed by atoms with Gasteiger partial charge in [-0.1, -0.05) is 64.2 Å². The molecule has 0 unspecified atom stereocenters. The van der Waals surface area contributed by atoms with Crippen molar-refractivity contribution in [3.05, 3.63) is 11.3 Å². The van der Waals surface area contributed by atoms with Gasteiger partial charge in [0.15, 0.2) is 0 Å². The topological polar surface area (TPSA) is 17.1 Å². The molecular formula is C15H28OSi. The van der Waals surface area contributed by atoms with E-state index in [2.05, 4.69) is 26.8 Å². The molecule has 0 spiro atoms. The predicted molar refractivity (Wildman–Crippen MR) is 77.9 cm³/mol. The lowest BCUT2D eigenvalue weighted by atomic mass is 9.89. The van der Waals surface area contributed by atoms with Gasteiger partial charge >= 0.3 is 0 Å². The molecule has 0 aliphatic heterocycles. The summed E-state index contributed by atoms with van der Waals surface area (Å²) in [7, 11) is -1.44. The lowest BCUT2D eigenvalue weighted by Crippen LogP contribution is -2.35. The van der Waals surface area contributed by atoms with Crippen molar-refractivity contribution in [3.8, 4) is 0 Å². The van der Waals surface area contributed by atoms with E-state index in [1.807, 2.05) is 0 Å². The average molecular weight is 252 g/mol. The Balaban J connectivity index is 2.86. The molecule has 1 nitrogen and oxygen atoms in total. The van der Waals surface area contributed by atoms with Crippen LogP contribution >= 0.6 is 0 Å². The zero-order chi connectivity index (χ0) is 12.7. The third-order valence-corrected chi connectivity index (χ3v) is 10.4. The number of aldehydes is 1. The first kappa shape index (κ1) is 14.7. The van der Waals surface area contributed by atoms with E-state index in [9.17, 15) is 4.79 Å². The number of rotatable bonds is 6. The number of carbonyl (C=O) groups is 1. The minimum absolute atomic E-state index is 0.695. The monoisotopic (exact) mass is 252 g/mol. The van der Waals surface area contributed by atoms with E-state index in [0.29, 0.717) is 5.92 Å². The van der Waals surface area contributed by atoms with Crippen molar-refractivity contribution < 1.29 is 4.79 Å². The van der Waals surface area contributed by atoms with E-state index in [1.54, 1.807) is 0 Å². The van der Waals surface area contributed by atoms with Crippen LogP contribution in [0, 0.1) is 5.92 Å². The molecule has 1 aliphatic rings. The Morgan fingerprint density at radius 1 is 1.06 bits per heavy atom. The van der Waals surface area contributed by atoms with Crippen LogP contribution in [0.15, 0.2) is 11.3 Å². The summed E-state index contributed by atoms with van der Waals surface area (Å²) in [5.41, 5.74) is 0. The lowest BCUT2D eigenvalue weighted by Gasteiger charge is -2.30. The normalized spacial score (nSPS) is 19.4. The average Bonchev–Trinajstić information content (AvgIpc) is 2.41. The fourth-order valence-corrected chi connectivity index (χ4v) is 6.82. The molecule has 0 aromatic heterocycles. The van der Waals surface area contributed by atoms with E-state index in [0.717, 1.165) is 0 Å². The highest BCUT2D eigenvalue weighted by atomic mass is 28.3. The Labute approximate surface area is 108 Å². The van der Waals surface area contributed by atoms with Gasteiger partial charge in [-0.15, -0.1) is 0 Å². The number of carbonyl (C=O) groups excluding carboxylic acids is 1. The summed E-state index contributed by atoms with van der Waals surface area (Å²) in [5.74, 6) is 0.695. The van der Waals surface area contributed by atoms with Gasteiger partial charge in [-0.25, -0.2) is 0 Å². The summed E-state index contributed by atoms with van der Waals surface area (Å²) in [5, 5.41) is 1.22. The minimum atomic E-state index is -1.44. The quantitative estimate of drug-likeness (QED) is 0.379. The maximum Gasteiger partial charge on any atom is 0.141 e. The Morgan fingerprint density at radius 3 is 2.00 bits per heavy atom. The van der Waals surface area contributed by atoms with Gasteiger partial charge in [0.05, 0.1) is 8.07 Å². The fraction of sp³-hybridized carbons (Fsp3) is 0.800. The van der Waals surface area contributed by atoms with Crippen LogP contribution in [0.3, 0.4) is 0 Å². The molecule has 0 aromatic carbocycles. The zero-order valence-corrected chi connectivity index (χ0v) is 12.8. The van der Waals surface area contributed by atoms with Crippen LogP contribution in [0.2, 0.25) is 18.1 Å². The first-order chi connectivity index (χ1) is 8.22. The summed E-state index contributed by atoms with van der Waals surface area (Å²) in [6, 6.07) is 3.66. The molecular weight excluding hydrogens is 224 g/mol. The van der Waals surface area contributed by atoms with Gasteiger partial charge in [0.25, 0.3) is 0 Å². The Morgan fingerprint density at radius 2 is 1.59 bits per heavy atom. The minimum Gasteiger partial charge on any atom is -0.299 e. The first-order valence-corrected chi connectivity index (χ1v) is 10.0. The van der Waals surface area contributed by atoms with E-state index in [-0.39, 0.29) is 0 Å². The molecule has 0 atom stereocenters. The van der Waals surface area contributed by atoms with Crippen molar-refractivity contribution in [3.63, 3.8) is 0 Å². The Hall–Kier alpha value is -0.373. The van der Waals surface area contributed by atoms with Crippen molar-refractivity contribution >= 4 is 14.4 Å². The van der Waals surface area contributed by atoms with E-state index in [1.165, 1.54) is 61.7 Å². The second kappa shape index (κ2) is 7.15. The highest BCUT2D eigenvalue weighted by molar-refractivity contribution is 6.89. The zero-order valence-electron chi connectivity index (χ0n) is 11.8. The van der Waals surface area contributed by atoms with Gasteiger partial charge in [0.2, 0.25) is 0 Å². The van der Waals surface area contributed by atoms with Gasteiger partial charge < -0.3 is 0 Å². The smallest absolute Gasteiger partial charge is 0.141 e. The molecule has 1 aliphatic carbocycles. The molecule has 0 amide bonds. The van der Waals surface area contributed by atoms with Crippen LogP contribution in [-0.4, -0.2) is 14.4 Å². The standard InChI is InChI=1S/C15H28OSi/c1-4-17(5-2,6-3)15(13-16)12-14-10-8-7-9-11-14/h12-14H,4-11H2,1-3H3/b15-12+. The highest BCUT2D eigenvalue weighted by Gasteiger charge is 2.31. The molecule has 1 fully saturated rings. The summed E-state index contributed by atoms with van der Waals surface area (Å²) in [6.45, 7) is 6.83. The maximum absolute atomic E-state index is 11.5. The molecule has 0 saturated heterocycles. The second-order valence-corrected chi connectivity index (χ2v) is 10.7. The van der Waals surface area contributed by atoms with Gasteiger partial charge in [-0.3, -0.25) is 4.79 Å². The van der Waals surface area contributed by atoms with Crippen LogP contribution in [0.5, 0.6) is 0 Å². The SMILES string of the molecule is CC[Si](CC)(CC)/C(C=O)=C/C1CCCCC1. The van der Waals surface area contributed by atoms with Gasteiger partial charge in [-0.05, 0) is 24.0 Å². The molecule has 0 radical (unpaired) electrons. The Kier molecular flexibility index (Phi) is 6.18. The first-order valence-electron chi connectivity index (χ1n) is 7.39. The van der Waals surface area contributed by atoms with Crippen molar-refractivity contribution in [2.24, 2.45) is 5.92 Å². The third kappa shape index (κ3) is 3.54. The molecule has 98 valence electrons. The summed E-state index contributed by atoms with van der Waals surface area (Å²) < 4.78 is 0. The second-order valence-electron chi connectivity index (χ2n) is 5.48. The lowest BCUT2D eigenvalue weighted by molar-refractivity contribution is -0.104. The van der Waals surface area contributed by atoms with Crippen LogP contribution in [-0.2, 0) is 4.79 Å². The molecule has 1 saturated carbocycles. The van der Waals surface area contributed by atoms with Gasteiger partial charge in [0, 0.05) is 0 Å². The van der Waals surface area contributed by atoms with Gasteiger partial charge in [-0.2, -0.15) is 0 Å². The number of hydrogen-bond acceptors (Lipinski definition) is 1. The molecule has 0 N–H and O–H groups in total. The molecule has 0 bridgehead atoms. The molecule has 0 heterocycles. The predicted octanol–water partition coefficient (Wildman–Crippen LogP) is 4.74. The van der Waals surface area contributed by atoms with Crippen molar-refractivity contribution in [1.29, 1.82) is 0 Å². The van der Waals surface area contributed by atoms with E-state index >= 15 is 0 Å². The van der Waals surface area contributed by atoms with Crippen LogP contribution in [0.25, 0.3) is 0 Å². The van der Waals surface area contributed by atoms with Crippen molar-refractivity contribution in [1.82, 2.24) is 0 Å². The number of hydrogen-bond donors (Lipinski definition) is 0. The van der Waals surface area contributed by atoms with Crippen LogP contribution < -0.4 is 0 Å². The van der Waals surface area contributed by atoms with Crippen molar-refractivity contribution in [2.45, 2.75) is 71.0 Å². The molecule has 1 rings (SSSR count). The van der Waals surface area contributed by atoms with Crippen molar-refractivity contribution in [2.75, 3.05) is 0 Å². The highest BCUT2D eigenvalue weighted by Crippen LogP contribution is 2.31. The van der Waals surface area contributed by atoms with E-state index < -0.39 is 8.07 Å². The fourth-order valence-electron chi connectivity index (χ4n) is 3.26. The summed E-state index contributed by atoms with van der Waals surface area (Å²) in [4.78, 5) is 11.5. The molecule has 2 heteroatoms. The van der Waals surface area contributed by atoms with Gasteiger partial charge in [0.1, 0.15) is 6.29 Å². The Bertz CT molecular complexity index is 252. The summed E-state index contributed by atoms with van der Waals surface area (Å²) >= 11 is 0. The van der Waals surface area contributed by atoms with Crippen LogP contribution in [0.1, 0.15) is 52.9 Å². The molecule has 17 heavy (non-hydrogen) atoms.